The minimum atomic E-state index is -0.00221. The van der Waals surface area contributed by atoms with E-state index >= 15 is 0 Å². The molecule has 2 heterocycles. The highest BCUT2D eigenvalue weighted by molar-refractivity contribution is 5.37. The summed E-state index contributed by atoms with van der Waals surface area (Å²) in [5.74, 6) is 6.32. The van der Waals surface area contributed by atoms with E-state index in [1.54, 1.807) is 23.3 Å². The number of imidazole rings is 1. The summed E-state index contributed by atoms with van der Waals surface area (Å²) in [6.07, 6.45) is 4.91. The summed E-state index contributed by atoms with van der Waals surface area (Å²) in [4.78, 5) is 16.3. The van der Waals surface area contributed by atoms with Crippen molar-refractivity contribution in [2.24, 2.45) is 5.84 Å². The Morgan fingerprint density at radius 2 is 2.10 bits per heavy atom. The van der Waals surface area contributed by atoms with E-state index in [0.717, 1.165) is 0 Å². The van der Waals surface area contributed by atoms with Gasteiger partial charge in [0.05, 0.1) is 19.8 Å². The van der Waals surface area contributed by atoms with Crippen molar-refractivity contribution in [3.8, 4) is 5.95 Å². The third-order valence-electron chi connectivity index (χ3n) is 2.25. The number of aliphatic hydroxyl groups is 1. The molecule has 0 saturated carbocycles. The fraction of sp³-hybridized carbons (Fsp3) is 0.400. The number of nitrogens with one attached hydrogen (secondary N) is 2. The van der Waals surface area contributed by atoms with Crippen LogP contribution < -0.4 is 16.6 Å². The quantitative estimate of drug-likeness (QED) is 0.266. The Kier molecular flexibility index (Phi) is 5.17. The second-order valence-electron chi connectivity index (χ2n) is 3.66. The third kappa shape index (κ3) is 3.85. The standard InChI is InChI=1S/C10H16N8O2/c11-17-9-14-8(13-2-5-20-6-4-19)15-10(16-9)18-3-1-12-7-18/h1,3,7,19H,2,4-6,11H2,(H2,13,14,15,16,17). The molecule has 108 valence electrons. The van der Waals surface area contributed by atoms with Crippen LogP contribution in [0.5, 0.6) is 0 Å². The number of hydrogen-bond acceptors (Lipinski definition) is 9. The van der Waals surface area contributed by atoms with Crippen LogP contribution in [0.2, 0.25) is 0 Å². The number of hydrazine groups is 1. The first-order valence-corrected chi connectivity index (χ1v) is 5.97. The molecular formula is C10H16N8O2. The molecule has 2 aromatic heterocycles. The molecular weight excluding hydrogens is 264 g/mol. The summed E-state index contributed by atoms with van der Waals surface area (Å²) in [6, 6.07) is 0. The van der Waals surface area contributed by atoms with Crippen LogP contribution in [0.1, 0.15) is 0 Å². The predicted molar refractivity (Wildman–Crippen MR) is 71.2 cm³/mol. The highest BCUT2D eigenvalue weighted by Crippen LogP contribution is 2.07. The molecule has 2 aromatic rings. The third-order valence-corrected chi connectivity index (χ3v) is 2.25. The molecule has 0 atom stereocenters. The van der Waals surface area contributed by atoms with Crippen LogP contribution in [0.25, 0.3) is 5.95 Å². The van der Waals surface area contributed by atoms with Crippen molar-refractivity contribution < 1.29 is 9.84 Å². The molecule has 5 N–H and O–H groups in total. The van der Waals surface area contributed by atoms with Gasteiger partial charge < -0.3 is 15.2 Å². The summed E-state index contributed by atoms with van der Waals surface area (Å²) in [6.45, 7) is 1.22. The highest BCUT2D eigenvalue weighted by Gasteiger charge is 2.06. The van der Waals surface area contributed by atoms with E-state index in [1.165, 1.54) is 0 Å². The van der Waals surface area contributed by atoms with E-state index in [4.69, 9.17) is 15.7 Å². The lowest BCUT2D eigenvalue weighted by atomic mass is 10.6. The molecule has 0 fully saturated rings. The van der Waals surface area contributed by atoms with E-state index < -0.39 is 0 Å². The first-order chi connectivity index (χ1) is 9.83. The normalized spacial score (nSPS) is 10.5. The Hall–Kier alpha value is -2.30. The fourth-order valence-electron chi connectivity index (χ4n) is 1.40. The second-order valence-corrected chi connectivity index (χ2v) is 3.66. The van der Waals surface area contributed by atoms with Crippen LogP contribution in [0.3, 0.4) is 0 Å². The van der Waals surface area contributed by atoms with Crippen molar-refractivity contribution in [1.29, 1.82) is 0 Å². The summed E-state index contributed by atoms with van der Waals surface area (Å²) in [7, 11) is 0. The van der Waals surface area contributed by atoms with Crippen LogP contribution in [-0.4, -0.2) is 56.0 Å². The number of hydrogen-bond donors (Lipinski definition) is 4. The number of ether oxygens (including phenoxy) is 1. The number of anilines is 2. The van der Waals surface area contributed by atoms with Crippen LogP contribution in [0, 0.1) is 0 Å². The number of nitrogens with zero attached hydrogens (tertiary/aromatic N) is 5. The summed E-state index contributed by atoms with van der Waals surface area (Å²) in [5, 5.41) is 11.6. The number of nitrogens with two attached hydrogens (primary N) is 1. The molecule has 0 spiro atoms. The van der Waals surface area contributed by atoms with E-state index in [1.807, 2.05) is 0 Å². The Morgan fingerprint density at radius 1 is 1.25 bits per heavy atom. The fourth-order valence-corrected chi connectivity index (χ4v) is 1.40. The maximum atomic E-state index is 8.58. The summed E-state index contributed by atoms with van der Waals surface area (Å²) >= 11 is 0. The topological polar surface area (TPSA) is 136 Å². The lowest BCUT2D eigenvalue weighted by molar-refractivity contribution is 0.0991. The molecule has 0 amide bonds. The van der Waals surface area contributed by atoms with Crippen LogP contribution in [0.4, 0.5) is 11.9 Å². The van der Waals surface area contributed by atoms with Crippen molar-refractivity contribution in [3.63, 3.8) is 0 Å². The van der Waals surface area contributed by atoms with Gasteiger partial charge in [-0.1, -0.05) is 0 Å². The zero-order valence-electron chi connectivity index (χ0n) is 10.7. The zero-order valence-corrected chi connectivity index (χ0v) is 10.7. The molecule has 20 heavy (non-hydrogen) atoms. The van der Waals surface area contributed by atoms with Gasteiger partial charge in [0.2, 0.25) is 17.8 Å². The number of aromatic nitrogens is 5. The van der Waals surface area contributed by atoms with Crippen molar-refractivity contribution in [2.75, 3.05) is 37.1 Å². The average molecular weight is 280 g/mol. The second kappa shape index (κ2) is 7.33. The van der Waals surface area contributed by atoms with E-state index in [0.29, 0.717) is 31.7 Å². The Bertz CT molecular complexity index is 518. The molecule has 0 aliphatic heterocycles. The molecule has 0 aliphatic carbocycles. The number of nitrogen functional groups attached to an aromatic ring is 1. The maximum Gasteiger partial charge on any atom is 0.243 e. The SMILES string of the molecule is NNc1nc(NCCOCCO)nc(-n2ccnc2)n1. The predicted octanol–water partition coefficient (Wildman–Crippen LogP) is -1.24. The van der Waals surface area contributed by atoms with Crippen LogP contribution >= 0.6 is 0 Å². The van der Waals surface area contributed by atoms with Gasteiger partial charge in [0, 0.05) is 18.9 Å². The van der Waals surface area contributed by atoms with Crippen molar-refractivity contribution in [2.45, 2.75) is 0 Å². The van der Waals surface area contributed by atoms with Crippen molar-refractivity contribution in [3.05, 3.63) is 18.7 Å². The van der Waals surface area contributed by atoms with Gasteiger partial charge >= 0.3 is 0 Å². The average Bonchev–Trinajstić information content (AvgIpc) is 3.01. The molecule has 2 rings (SSSR count). The monoisotopic (exact) mass is 280 g/mol. The maximum absolute atomic E-state index is 8.58. The smallest absolute Gasteiger partial charge is 0.243 e. The van der Waals surface area contributed by atoms with Gasteiger partial charge in [-0.3, -0.25) is 9.99 Å². The van der Waals surface area contributed by atoms with Gasteiger partial charge in [0.25, 0.3) is 0 Å². The van der Waals surface area contributed by atoms with E-state index in [-0.39, 0.29) is 12.6 Å². The van der Waals surface area contributed by atoms with Gasteiger partial charge in [0.15, 0.2) is 0 Å². The first-order valence-electron chi connectivity index (χ1n) is 5.97. The van der Waals surface area contributed by atoms with E-state index in [2.05, 4.69) is 30.7 Å². The van der Waals surface area contributed by atoms with Gasteiger partial charge in [-0.05, 0) is 0 Å². The summed E-state index contributed by atoms with van der Waals surface area (Å²) in [5.41, 5.74) is 2.38. The molecule has 0 unspecified atom stereocenters. The largest absolute Gasteiger partial charge is 0.394 e. The van der Waals surface area contributed by atoms with Gasteiger partial charge in [-0.2, -0.15) is 15.0 Å². The minimum absolute atomic E-state index is 0.00221. The Balaban J connectivity index is 2.03. The van der Waals surface area contributed by atoms with Gasteiger partial charge in [0.1, 0.15) is 6.33 Å². The molecule has 0 aromatic carbocycles. The van der Waals surface area contributed by atoms with E-state index in [9.17, 15) is 0 Å². The lowest BCUT2D eigenvalue weighted by Gasteiger charge is -2.08. The molecule has 0 aliphatic rings. The molecule has 0 bridgehead atoms. The Labute approximate surface area is 115 Å². The van der Waals surface area contributed by atoms with Gasteiger partial charge in [-0.25, -0.2) is 10.8 Å². The molecule has 10 heteroatoms. The Morgan fingerprint density at radius 3 is 2.80 bits per heavy atom. The zero-order chi connectivity index (χ0) is 14.2. The highest BCUT2D eigenvalue weighted by atomic mass is 16.5. The first kappa shape index (κ1) is 14.1. The molecule has 0 saturated heterocycles. The lowest BCUT2D eigenvalue weighted by Crippen LogP contribution is -2.17. The summed E-state index contributed by atoms with van der Waals surface area (Å²) < 4.78 is 6.76. The number of rotatable bonds is 8. The van der Waals surface area contributed by atoms with Crippen LogP contribution in [0.15, 0.2) is 18.7 Å². The minimum Gasteiger partial charge on any atom is -0.394 e. The van der Waals surface area contributed by atoms with Crippen molar-refractivity contribution >= 4 is 11.9 Å². The molecule has 0 radical (unpaired) electrons. The molecule has 10 nitrogen and oxygen atoms in total. The number of aliphatic hydroxyl groups excluding tert-OH is 1. The van der Waals surface area contributed by atoms with Crippen molar-refractivity contribution in [1.82, 2.24) is 24.5 Å². The van der Waals surface area contributed by atoms with Crippen LogP contribution in [-0.2, 0) is 4.74 Å². The van der Waals surface area contributed by atoms with Gasteiger partial charge in [-0.15, -0.1) is 0 Å².